The van der Waals surface area contributed by atoms with Gasteiger partial charge in [-0.1, -0.05) is 48.5 Å². The molecule has 1 saturated carbocycles. The van der Waals surface area contributed by atoms with Gasteiger partial charge in [-0.3, -0.25) is 4.90 Å². The van der Waals surface area contributed by atoms with Gasteiger partial charge in [0.1, 0.15) is 0 Å². The van der Waals surface area contributed by atoms with Crippen molar-refractivity contribution >= 4 is 0 Å². The van der Waals surface area contributed by atoms with E-state index in [0.717, 1.165) is 5.92 Å². The molecule has 0 spiro atoms. The van der Waals surface area contributed by atoms with Crippen LogP contribution in [-0.2, 0) is 0 Å². The maximum absolute atomic E-state index is 6.34. The van der Waals surface area contributed by atoms with Crippen molar-refractivity contribution in [3.63, 3.8) is 0 Å². The minimum absolute atomic E-state index is 0.418. The smallest absolute Gasteiger partial charge is 0.0614 e. The second-order valence-electron chi connectivity index (χ2n) is 7.20. The zero-order chi connectivity index (χ0) is 14.7. The molecule has 2 fully saturated rings. The van der Waals surface area contributed by atoms with Crippen molar-refractivity contribution in [2.45, 2.75) is 24.9 Å². The molecule has 3 aliphatic rings. The van der Waals surface area contributed by atoms with Gasteiger partial charge in [0.25, 0.3) is 0 Å². The number of fused-ring (bicyclic) bond motifs is 4. The van der Waals surface area contributed by atoms with E-state index in [0.29, 0.717) is 18.0 Å². The van der Waals surface area contributed by atoms with Crippen molar-refractivity contribution in [2.24, 2.45) is 17.6 Å². The Kier molecular flexibility index (Phi) is 2.73. The Morgan fingerprint density at radius 3 is 2.09 bits per heavy atom. The van der Waals surface area contributed by atoms with Gasteiger partial charge in [-0.2, -0.15) is 0 Å². The molecule has 22 heavy (non-hydrogen) atoms. The van der Waals surface area contributed by atoms with E-state index >= 15 is 0 Å². The molecule has 2 N–H and O–H groups in total. The molecule has 1 aliphatic heterocycles. The first-order valence-corrected chi connectivity index (χ1v) is 8.51. The average molecular weight is 290 g/mol. The van der Waals surface area contributed by atoms with Crippen LogP contribution in [0.15, 0.2) is 48.5 Å². The Morgan fingerprint density at radius 2 is 1.45 bits per heavy atom. The molecule has 2 nitrogen and oxygen atoms in total. The number of hydrogen-bond donors (Lipinski definition) is 1. The van der Waals surface area contributed by atoms with Gasteiger partial charge >= 0.3 is 0 Å². The lowest BCUT2D eigenvalue weighted by molar-refractivity contribution is 0.258. The van der Waals surface area contributed by atoms with Crippen LogP contribution in [0, 0.1) is 11.8 Å². The highest BCUT2D eigenvalue weighted by Gasteiger charge is 2.45. The summed E-state index contributed by atoms with van der Waals surface area (Å²) in [7, 11) is 0. The highest BCUT2D eigenvalue weighted by Crippen LogP contribution is 2.49. The van der Waals surface area contributed by atoms with Gasteiger partial charge < -0.3 is 5.73 Å². The molecule has 0 radical (unpaired) electrons. The summed E-state index contributed by atoms with van der Waals surface area (Å²) in [6.07, 6.45) is 2.54. The summed E-state index contributed by atoms with van der Waals surface area (Å²) in [5, 5.41) is 0. The Morgan fingerprint density at radius 1 is 0.818 bits per heavy atom. The van der Waals surface area contributed by atoms with E-state index in [1.807, 2.05) is 0 Å². The Hall–Kier alpha value is -1.64. The lowest BCUT2D eigenvalue weighted by atomic mass is 9.98. The summed E-state index contributed by atoms with van der Waals surface area (Å²) < 4.78 is 0. The van der Waals surface area contributed by atoms with Crippen LogP contribution in [0.25, 0.3) is 11.1 Å². The predicted octanol–water partition coefficient (Wildman–Crippen LogP) is 3.43. The standard InChI is InChI=1S/C20H22N2/c21-19-10-9-13-11-22(12-18(13)19)20-16-7-3-1-5-14(16)15-6-2-4-8-17(15)20/h1-8,13,18-20H,9-12,21H2. The minimum Gasteiger partial charge on any atom is -0.327 e. The third kappa shape index (κ3) is 1.68. The van der Waals surface area contributed by atoms with Gasteiger partial charge in [0.05, 0.1) is 6.04 Å². The SMILES string of the molecule is NC1CCC2CN(C3c4ccccc4-c4ccccc43)CC12. The van der Waals surface area contributed by atoms with Crippen LogP contribution in [0.5, 0.6) is 0 Å². The van der Waals surface area contributed by atoms with E-state index in [1.54, 1.807) is 0 Å². The first-order chi connectivity index (χ1) is 10.8. The fourth-order valence-electron chi connectivity index (χ4n) is 5.08. The number of rotatable bonds is 1. The first kappa shape index (κ1) is 12.9. The third-order valence-corrected chi connectivity index (χ3v) is 6.11. The van der Waals surface area contributed by atoms with Crippen molar-refractivity contribution in [1.29, 1.82) is 0 Å². The zero-order valence-corrected chi connectivity index (χ0v) is 12.8. The quantitative estimate of drug-likeness (QED) is 0.872. The summed E-state index contributed by atoms with van der Waals surface area (Å²) in [5.74, 6) is 1.52. The minimum atomic E-state index is 0.418. The molecule has 1 heterocycles. The molecule has 2 heteroatoms. The number of likely N-dealkylation sites (tertiary alicyclic amines) is 1. The molecule has 1 saturated heterocycles. The lowest BCUT2D eigenvalue weighted by Gasteiger charge is -2.27. The molecule has 112 valence electrons. The van der Waals surface area contributed by atoms with Crippen molar-refractivity contribution in [2.75, 3.05) is 13.1 Å². The molecule has 2 aromatic carbocycles. The first-order valence-electron chi connectivity index (χ1n) is 8.51. The second-order valence-corrected chi connectivity index (χ2v) is 7.20. The maximum atomic E-state index is 6.34. The molecule has 0 amide bonds. The Balaban J connectivity index is 1.58. The monoisotopic (exact) mass is 290 g/mol. The van der Waals surface area contributed by atoms with Crippen LogP contribution >= 0.6 is 0 Å². The molecule has 2 aliphatic carbocycles. The van der Waals surface area contributed by atoms with Crippen molar-refractivity contribution in [3.8, 4) is 11.1 Å². The van der Waals surface area contributed by atoms with Crippen LogP contribution in [0.1, 0.15) is 30.0 Å². The van der Waals surface area contributed by atoms with E-state index in [4.69, 9.17) is 5.73 Å². The van der Waals surface area contributed by atoms with Crippen LogP contribution in [-0.4, -0.2) is 24.0 Å². The highest BCUT2D eigenvalue weighted by atomic mass is 15.2. The fourth-order valence-corrected chi connectivity index (χ4v) is 5.08. The normalized spacial score (nSPS) is 30.3. The predicted molar refractivity (Wildman–Crippen MR) is 89.5 cm³/mol. The summed E-state index contributed by atoms with van der Waals surface area (Å²) in [6, 6.07) is 18.7. The van der Waals surface area contributed by atoms with Crippen molar-refractivity contribution in [1.82, 2.24) is 4.90 Å². The summed E-state index contributed by atoms with van der Waals surface area (Å²) in [4.78, 5) is 2.69. The molecular formula is C20H22N2. The van der Waals surface area contributed by atoms with Gasteiger partial charge in [-0.25, -0.2) is 0 Å². The molecule has 0 bridgehead atoms. The van der Waals surface area contributed by atoms with Crippen LogP contribution in [0.4, 0.5) is 0 Å². The van der Waals surface area contributed by atoms with Crippen molar-refractivity contribution in [3.05, 3.63) is 59.7 Å². The van der Waals surface area contributed by atoms with E-state index in [-0.39, 0.29) is 0 Å². The lowest BCUT2D eigenvalue weighted by Crippen LogP contribution is -2.32. The van der Waals surface area contributed by atoms with Gasteiger partial charge in [0.15, 0.2) is 0 Å². The maximum Gasteiger partial charge on any atom is 0.0614 e. The van der Waals surface area contributed by atoms with E-state index in [1.165, 1.54) is 48.2 Å². The summed E-state index contributed by atoms with van der Waals surface area (Å²) >= 11 is 0. The Labute approximate surface area is 131 Å². The van der Waals surface area contributed by atoms with E-state index in [9.17, 15) is 0 Å². The molecule has 5 rings (SSSR count). The molecular weight excluding hydrogens is 268 g/mol. The van der Waals surface area contributed by atoms with Crippen LogP contribution in [0.2, 0.25) is 0 Å². The van der Waals surface area contributed by atoms with E-state index in [2.05, 4.69) is 53.4 Å². The summed E-state index contributed by atoms with van der Waals surface area (Å²) in [6.45, 7) is 2.38. The molecule has 3 unspecified atom stereocenters. The number of nitrogens with zero attached hydrogens (tertiary/aromatic N) is 1. The molecule has 2 aromatic rings. The van der Waals surface area contributed by atoms with Gasteiger partial charge in [0.2, 0.25) is 0 Å². The van der Waals surface area contributed by atoms with Crippen LogP contribution in [0.3, 0.4) is 0 Å². The topological polar surface area (TPSA) is 29.3 Å². The highest BCUT2D eigenvalue weighted by molar-refractivity contribution is 5.78. The second kappa shape index (κ2) is 4.68. The van der Waals surface area contributed by atoms with E-state index < -0.39 is 0 Å². The molecule has 0 aromatic heterocycles. The molecule has 3 atom stereocenters. The zero-order valence-electron chi connectivity index (χ0n) is 12.8. The fraction of sp³-hybridized carbons (Fsp3) is 0.400. The van der Waals surface area contributed by atoms with Gasteiger partial charge in [-0.15, -0.1) is 0 Å². The van der Waals surface area contributed by atoms with Gasteiger partial charge in [0, 0.05) is 19.1 Å². The number of hydrogen-bond acceptors (Lipinski definition) is 2. The van der Waals surface area contributed by atoms with Crippen molar-refractivity contribution < 1.29 is 0 Å². The largest absolute Gasteiger partial charge is 0.327 e. The summed E-state index contributed by atoms with van der Waals surface area (Å²) in [5.41, 5.74) is 12.2. The van der Waals surface area contributed by atoms with Gasteiger partial charge in [-0.05, 0) is 46.9 Å². The Bertz CT molecular complexity index is 678. The average Bonchev–Trinajstić information content (AvgIpc) is 3.20. The third-order valence-electron chi connectivity index (χ3n) is 6.11. The number of nitrogens with two attached hydrogens (primary N) is 1. The van der Waals surface area contributed by atoms with Crippen LogP contribution < -0.4 is 5.73 Å². The number of benzene rings is 2.